The summed E-state index contributed by atoms with van der Waals surface area (Å²) < 4.78 is 0. The quantitative estimate of drug-likeness (QED) is 0.399. The number of phenols is 2. The van der Waals surface area contributed by atoms with Crippen LogP contribution < -0.4 is 0 Å². The van der Waals surface area contributed by atoms with Crippen LogP contribution in [-0.4, -0.2) is 33.6 Å². The Hall–Kier alpha value is -2.82. The van der Waals surface area contributed by atoms with E-state index >= 15 is 0 Å². The predicted octanol–water partition coefficient (Wildman–Crippen LogP) is 4.30. The van der Waals surface area contributed by atoms with E-state index in [1.807, 2.05) is 0 Å². The second kappa shape index (κ2) is 9.79. The fourth-order valence-corrected chi connectivity index (χ4v) is 3.96. The second-order valence-corrected chi connectivity index (χ2v) is 7.91. The van der Waals surface area contributed by atoms with E-state index in [-0.39, 0.29) is 24.7 Å². The largest absolute Gasteiger partial charge is 0.508 e. The Morgan fingerprint density at radius 2 is 1.00 bits per heavy atom. The molecule has 0 amide bonds. The molecule has 0 aliphatic carbocycles. The number of aryl methyl sites for hydroxylation is 2. The highest BCUT2D eigenvalue weighted by atomic mass is 16.3. The van der Waals surface area contributed by atoms with Crippen LogP contribution in [0.15, 0.2) is 66.7 Å². The molecule has 0 saturated carbocycles. The van der Waals surface area contributed by atoms with Crippen LogP contribution in [0.4, 0.5) is 0 Å². The van der Waals surface area contributed by atoms with Crippen molar-refractivity contribution in [3.8, 4) is 11.5 Å². The van der Waals surface area contributed by atoms with Gasteiger partial charge in [-0.2, -0.15) is 0 Å². The van der Waals surface area contributed by atoms with E-state index in [1.54, 1.807) is 12.1 Å². The van der Waals surface area contributed by atoms with Gasteiger partial charge in [-0.1, -0.05) is 48.5 Å². The molecule has 0 aliphatic rings. The van der Waals surface area contributed by atoms with Gasteiger partial charge < -0.3 is 20.4 Å². The molecule has 3 aromatic rings. The molecule has 4 nitrogen and oxygen atoms in total. The van der Waals surface area contributed by atoms with Crippen molar-refractivity contribution in [2.75, 3.05) is 13.2 Å². The summed E-state index contributed by atoms with van der Waals surface area (Å²) >= 11 is 0. The third-order valence-corrected chi connectivity index (χ3v) is 5.79. The van der Waals surface area contributed by atoms with Gasteiger partial charge in [-0.15, -0.1) is 0 Å². The SMILES string of the molecule is CC(c1ccc(CCCO)cc1)(c1ccc(CCCO)cc1)c1cc(O)cc(O)c1. The Balaban J connectivity index is 2.07. The number of benzene rings is 3. The van der Waals surface area contributed by atoms with Gasteiger partial charge >= 0.3 is 0 Å². The number of rotatable bonds is 9. The van der Waals surface area contributed by atoms with Crippen LogP contribution in [-0.2, 0) is 18.3 Å². The number of aliphatic hydroxyl groups excluding tert-OH is 2. The van der Waals surface area contributed by atoms with Gasteiger partial charge in [-0.05, 0) is 72.6 Å². The van der Waals surface area contributed by atoms with Crippen molar-refractivity contribution in [1.29, 1.82) is 0 Å². The molecule has 0 atom stereocenters. The molecular weight excluding hydrogens is 376 g/mol. The Morgan fingerprint density at radius 1 is 0.600 bits per heavy atom. The van der Waals surface area contributed by atoms with Crippen molar-refractivity contribution in [3.05, 3.63) is 94.5 Å². The summed E-state index contributed by atoms with van der Waals surface area (Å²) in [5.41, 5.74) is 4.63. The average Bonchev–Trinajstić information content (AvgIpc) is 2.75. The summed E-state index contributed by atoms with van der Waals surface area (Å²) in [5, 5.41) is 38.4. The molecule has 30 heavy (non-hydrogen) atoms. The van der Waals surface area contributed by atoms with E-state index in [2.05, 4.69) is 55.5 Å². The molecule has 158 valence electrons. The Kier molecular flexibility index (Phi) is 7.14. The maximum Gasteiger partial charge on any atom is 0.119 e. The molecule has 0 bridgehead atoms. The predicted molar refractivity (Wildman–Crippen MR) is 119 cm³/mol. The lowest BCUT2D eigenvalue weighted by Gasteiger charge is -2.32. The minimum atomic E-state index is -0.582. The third kappa shape index (κ3) is 4.84. The lowest BCUT2D eigenvalue weighted by Crippen LogP contribution is -2.25. The van der Waals surface area contributed by atoms with E-state index in [0.717, 1.165) is 53.5 Å². The van der Waals surface area contributed by atoms with E-state index in [9.17, 15) is 10.2 Å². The molecule has 0 spiro atoms. The maximum atomic E-state index is 10.1. The molecule has 4 N–H and O–H groups in total. The molecular formula is C26H30O4. The van der Waals surface area contributed by atoms with Crippen LogP contribution in [0.2, 0.25) is 0 Å². The van der Waals surface area contributed by atoms with Crippen LogP contribution >= 0.6 is 0 Å². The standard InChI is InChI=1S/C26H30O4/c1-26(23-16-24(29)18-25(30)17-23,21-10-6-19(7-11-21)4-2-14-27)22-12-8-20(9-13-22)5-3-15-28/h6-13,16-18,27-30H,2-5,14-15H2,1H3. The normalized spacial score (nSPS) is 11.6. The first-order valence-corrected chi connectivity index (χ1v) is 10.4. The van der Waals surface area contributed by atoms with Crippen LogP contribution in [0.5, 0.6) is 11.5 Å². The average molecular weight is 407 g/mol. The van der Waals surface area contributed by atoms with Crippen LogP contribution in [0.25, 0.3) is 0 Å². The van der Waals surface area contributed by atoms with E-state index in [0.29, 0.717) is 0 Å². The van der Waals surface area contributed by atoms with Gasteiger partial charge in [0.2, 0.25) is 0 Å². The molecule has 4 heteroatoms. The smallest absolute Gasteiger partial charge is 0.119 e. The minimum absolute atomic E-state index is 0.0235. The number of aromatic hydroxyl groups is 2. The first kappa shape index (κ1) is 21.9. The molecule has 3 aromatic carbocycles. The molecule has 0 unspecified atom stereocenters. The van der Waals surface area contributed by atoms with Crippen molar-refractivity contribution >= 4 is 0 Å². The van der Waals surface area contributed by atoms with Crippen LogP contribution in [0, 0.1) is 0 Å². The monoisotopic (exact) mass is 406 g/mol. The fourth-order valence-electron chi connectivity index (χ4n) is 3.96. The van der Waals surface area contributed by atoms with E-state index < -0.39 is 5.41 Å². The summed E-state index contributed by atoms with van der Waals surface area (Å²) in [7, 11) is 0. The zero-order valence-corrected chi connectivity index (χ0v) is 17.4. The summed E-state index contributed by atoms with van der Waals surface area (Å²) in [6.07, 6.45) is 3.10. The number of aliphatic hydroxyl groups is 2. The van der Waals surface area contributed by atoms with Gasteiger partial charge in [0.05, 0.1) is 0 Å². The summed E-state index contributed by atoms with van der Waals surface area (Å²) in [6, 6.07) is 21.3. The topological polar surface area (TPSA) is 80.9 Å². The minimum Gasteiger partial charge on any atom is -0.508 e. The molecule has 0 fully saturated rings. The van der Waals surface area contributed by atoms with Crippen LogP contribution in [0.3, 0.4) is 0 Å². The van der Waals surface area contributed by atoms with Gasteiger partial charge in [-0.25, -0.2) is 0 Å². The van der Waals surface area contributed by atoms with E-state index in [1.165, 1.54) is 6.07 Å². The second-order valence-electron chi connectivity index (χ2n) is 7.91. The summed E-state index contributed by atoms with van der Waals surface area (Å²) in [4.78, 5) is 0. The van der Waals surface area contributed by atoms with Crippen LogP contribution in [0.1, 0.15) is 47.6 Å². The number of hydrogen-bond acceptors (Lipinski definition) is 4. The molecule has 0 saturated heterocycles. The lowest BCUT2D eigenvalue weighted by molar-refractivity contribution is 0.288. The zero-order chi connectivity index (χ0) is 21.6. The highest BCUT2D eigenvalue weighted by molar-refractivity contribution is 5.53. The Labute approximate surface area is 178 Å². The summed E-state index contributed by atoms with van der Waals surface area (Å²) in [5.74, 6) is 0.0470. The van der Waals surface area contributed by atoms with Crippen molar-refractivity contribution in [3.63, 3.8) is 0 Å². The van der Waals surface area contributed by atoms with Gasteiger partial charge in [0.1, 0.15) is 11.5 Å². The summed E-state index contributed by atoms with van der Waals surface area (Å²) in [6.45, 7) is 2.43. The maximum absolute atomic E-state index is 10.1. The molecule has 0 heterocycles. The van der Waals surface area contributed by atoms with Gasteiger partial charge in [-0.3, -0.25) is 0 Å². The number of hydrogen-bond donors (Lipinski definition) is 4. The first-order valence-electron chi connectivity index (χ1n) is 10.4. The zero-order valence-electron chi connectivity index (χ0n) is 17.4. The molecule has 0 aliphatic heterocycles. The lowest BCUT2D eigenvalue weighted by atomic mass is 9.70. The Morgan fingerprint density at radius 3 is 1.37 bits per heavy atom. The van der Waals surface area contributed by atoms with Crippen molar-refractivity contribution < 1.29 is 20.4 Å². The van der Waals surface area contributed by atoms with Crippen molar-refractivity contribution in [1.82, 2.24) is 0 Å². The molecule has 0 radical (unpaired) electrons. The van der Waals surface area contributed by atoms with Gasteiger partial charge in [0.25, 0.3) is 0 Å². The van der Waals surface area contributed by atoms with Crippen molar-refractivity contribution in [2.24, 2.45) is 0 Å². The fraction of sp³-hybridized carbons (Fsp3) is 0.308. The highest BCUT2D eigenvalue weighted by Crippen LogP contribution is 2.41. The molecule has 0 aromatic heterocycles. The number of phenolic OH excluding ortho intramolecular Hbond substituents is 2. The molecule has 3 rings (SSSR count). The first-order chi connectivity index (χ1) is 14.5. The van der Waals surface area contributed by atoms with Gasteiger partial charge in [0, 0.05) is 24.7 Å². The third-order valence-electron chi connectivity index (χ3n) is 5.79. The van der Waals surface area contributed by atoms with E-state index in [4.69, 9.17) is 10.2 Å². The van der Waals surface area contributed by atoms with Crippen molar-refractivity contribution in [2.45, 2.75) is 38.0 Å². The Bertz CT molecular complexity index is 874. The van der Waals surface area contributed by atoms with Gasteiger partial charge in [0.15, 0.2) is 0 Å². The highest BCUT2D eigenvalue weighted by Gasteiger charge is 2.32.